The average Bonchev–Trinajstić information content (AvgIpc) is 3.17. The topological polar surface area (TPSA) is 118 Å². The molecule has 1 amide bonds. The number of carbonyl (C=O) groups excluding carboxylic acids is 2. The van der Waals surface area contributed by atoms with Crippen molar-refractivity contribution in [2.75, 3.05) is 5.32 Å². The minimum absolute atomic E-state index is 0.0356. The number of pyridine rings is 1. The molecule has 7 nitrogen and oxygen atoms in total. The highest BCUT2D eigenvalue weighted by Gasteiger charge is 2.17. The SMILES string of the molecule is NC(=NO)c1ccc(C(=O)Cc2ccsc2C(=O)Nc2ccc(Cl)cn2)cc1. The minimum atomic E-state index is -0.338. The maximum absolute atomic E-state index is 12.6. The quantitative estimate of drug-likeness (QED) is 0.187. The summed E-state index contributed by atoms with van der Waals surface area (Å²) < 4.78 is 0. The smallest absolute Gasteiger partial charge is 0.267 e. The lowest BCUT2D eigenvalue weighted by molar-refractivity contribution is 0.0993. The second-order valence-corrected chi connectivity index (χ2v) is 7.11. The number of nitrogens with zero attached hydrogens (tertiary/aromatic N) is 2. The van der Waals surface area contributed by atoms with Crippen molar-refractivity contribution >= 4 is 46.3 Å². The highest BCUT2D eigenvalue weighted by atomic mass is 35.5. The molecule has 142 valence electrons. The van der Waals surface area contributed by atoms with E-state index in [0.717, 1.165) is 0 Å². The molecule has 0 radical (unpaired) electrons. The molecule has 3 aromatic rings. The molecule has 0 aliphatic carbocycles. The summed E-state index contributed by atoms with van der Waals surface area (Å²) >= 11 is 7.04. The molecule has 4 N–H and O–H groups in total. The number of oxime groups is 1. The largest absolute Gasteiger partial charge is 0.409 e. The Morgan fingerprint density at radius 1 is 1.14 bits per heavy atom. The summed E-state index contributed by atoms with van der Waals surface area (Å²) in [5, 5.41) is 16.5. The van der Waals surface area contributed by atoms with Crippen LogP contribution in [0, 0.1) is 0 Å². The average molecular weight is 415 g/mol. The van der Waals surface area contributed by atoms with E-state index in [1.165, 1.54) is 17.5 Å². The van der Waals surface area contributed by atoms with Crippen LogP contribution in [0.15, 0.2) is 59.2 Å². The van der Waals surface area contributed by atoms with Crippen LogP contribution in [0.5, 0.6) is 0 Å². The van der Waals surface area contributed by atoms with E-state index in [0.29, 0.717) is 32.4 Å². The first-order valence-corrected chi connectivity index (χ1v) is 9.34. The van der Waals surface area contributed by atoms with E-state index < -0.39 is 0 Å². The lowest BCUT2D eigenvalue weighted by atomic mass is 10.0. The van der Waals surface area contributed by atoms with Gasteiger partial charge in [-0.3, -0.25) is 9.59 Å². The first-order chi connectivity index (χ1) is 13.5. The number of anilines is 1. The summed E-state index contributed by atoms with van der Waals surface area (Å²) in [6.07, 6.45) is 1.51. The van der Waals surface area contributed by atoms with Gasteiger partial charge in [-0.2, -0.15) is 0 Å². The summed E-state index contributed by atoms with van der Waals surface area (Å²) in [6, 6.07) is 11.4. The van der Waals surface area contributed by atoms with Gasteiger partial charge in [0.15, 0.2) is 11.6 Å². The fraction of sp³-hybridized carbons (Fsp3) is 0.0526. The number of halogens is 1. The number of hydrogen-bond donors (Lipinski definition) is 3. The van der Waals surface area contributed by atoms with Gasteiger partial charge in [-0.1, -0.05) is 41.0 Å². The van der Waals surface area contributed by atoms with Crippen LogP contribution in [0.3, 0.4) is 0 Å². The number of Topliss-reactive ketones (excluding diaryl/α,β-unsaturated/α-hetero) is 1. The summed E-state index contributed by atoms with van der Waals surface area (Å²) in [6.45, 7) is 0. The third-order valence-corrected chi connectivity index (χ3v) is 5.06. The van der Waals surface area contributed by atoms with Crippen LogP contribution in [0.1, 0.15) is 31.2 Å². The molecule has 3 rings (SSSR count). The summed E-state index contributed by atoms with van der Waals surface area (Å²) in [5.41, 5.74) is 7.11. The molecule has 0 atom stereocenters. The van der Waals surface area contributed by atoms with Gasteiger partial charge in [0.25, 0.3) is 5.91 Å². The first-order valence-electron chi connectivity index (χ1n) is 8.08. The normalized spacial score (nSPS) is 11.2. The van der Waals surface area contributed by atoms with Gasteiger partial charge < -0.3 is 16.3 Å². The van der Waals surface area contributed by atoms with Crippen molar-refractivity contribution < 1.29 is 14.8 Å². The predicted molar refractivity (Wildman–Crippen MR) is 109 cm³/mol. The van der Waals surface area contributed by atoms with Gasteiger partial charge in [0.2, 0.25) is 0 Å². The van der Waals surface area contributed by atoms with E-state index >= 15 is 0 Å². The van der Waals surface area contributed by atoms with Gasteiger partial charge in [0.1, 0.15) is 5.82 Å². The van der Waals surface area contributed by atoms with Crippen molar-refractivity contribution in [3.63, 3.8) is 0 Å². The Labute approximate surface area is 169 Å². The number of aromatic nitrogens is 1. The maximum Gasteiger partial charge on any atom is 0.267 e. The molecule has 9 heteroatoms. The fourth-order valence-corrected chi connectivity index (χ4v) is 3.39. The van der Waals surface area contributed by atoms with Crippen molar-refractivity contribution in [3.8, 4) is 0 Å². The molecular formula is C19H15ClN4O3S. The molecule has 2 aromatic heterocycles. The van der Waals surface area contributed by atoms with Crippen molar-refractivity contribution in [1.29, 1.82) is 0 Å². The Hall–Kier alpha value is -3.23. The van der Waals surface area contributed by atoms with Gasteiger partial charge in [0, 0.05) is 23.7 Å². The molecule has 1 aromatic carbocycles. The summed E-state index contributed by atoms with van der Waals surface area (Å²) in [7, 11) is 0. The number of benzene rings is 1. The molecule has 0 bridgehead atoms. The fourth-order valence-electron chi connectivity index (χ4n) is 2.46. The van der Waals surface area contributed by atoms with Gasteiger partial charge >= 0.3 is 0 Å². The Morgan fingerprint density at radius 3 is 2.50 bits per heavy atom. The molecule has 0 saturated carbocycles. The maximum atomic E-state index is 12.6. The molecular weight excluding hydrogens is 400 g/mol. The molecule has 0 aliphatic rings. The van der Waals surface area contributed by atoms with Crippen LogP contribution in [0.25, 0.3) is 0 Å². The minimum Gasteiger partial charge on any atom is -0.409 e. The second-order valence-electron chi connectivity index (χ2n) is 5.75. The Bertz CT molecular complexity index is 1030. The summed E-state index contributed by atoms with van der Waals surface area (Å²) in [5.74, 6) is -0.150. The van der Waals surface area contributed by atoms with Gasteiger partial charge in [-0.05, 0) is 29.1 Å². The van der Waals surface area contributed by atoms with Crippen LogP contribution in [-0.2, 0) is 6.42 Å². The number of amidine groups is 1. The van der Waals surface area contributed by atoms with E-state index in [-0.39, 0.29) is 23.9 Å². The summed E-state index contributed by atoms with van der Waals surface area (Å²) in [4.78, 5) is 29.6. The second kappa shape index (κ2) is 8.64. The Balaban J connectivity index is 1.71. The molecule has 0 saturated heterocycles. The highest BCUT2D eigenvalue weighted by Crippen LogP contribution is 2.21. The Kier molecular flexibility index (Phi) is 6.03. The number of amides is 1. The molecule has 0 aliphatic heterocycles. The predicted octanol–water partition coefficient (Wildman–Crippen LogP) is 3.57. The third-order valence-electron chi connectivity index (χ3n) is 3.88. The van der Waals surface area contributed by atoms with E-state index in [1.807, 2.05) is 0 Å². The number of hydrogen-bond acceptors (Lipinski definition) is 6. The van der Waals surface area contributed by atoms with Gasteiger partial charge in [-0.25, -0.2) is 4.98 Å². The number of carbonyl (C=O) groups is 2. The molecule has 0 unspecified atom stereocenters. The zero-order valence-electron chi connectivity index (χ0n) is 14.4. The van der Waals surface area contributed by atoms with Crippen molar-refractivity contribution in [2.24, 2.45) is 10.9 Å². The van der Waals surface area contributed by atoms with E-state index in [1.54, 1.807) is 47.8 Å². The van der Waals surface area contributed by atoms with Crippen LogP contribution in [-0.4, -0.2) is 27.7 Å². The number of thiophene rings is 1. The number of nitrogens with one attached hydrogen (secondary N) is 1. The van der Waals surface area contributed by atoms with Crippen LogP contribution in [0.4, 0.5) is 5.82 Å². The van der Waals surface area contributed by atoms with E-state index in [9.17, 15) is 9.59 Å². The van der Waals surface area contributed by atoms with E-state index in [2.05, 4.69) is 15.5 Å². The standard InChI is InChI=1S/C19H15ClN4O3S/c20-14-5-6-16(22-10-14)23-19(26)17-13(7-8-28-17)9-15(25)11-1-3-12(4-2-11)18(21)24-27/h1-8,10,27H,9H2,(H2,21,24)(H,22,23,26). The van der Waals surface area contributed by atoms with Crippen molar-refractivity contribution in [3.05, 3.63) is 80.6 Å². The zero-order chi connectivity index (χ0) is 20.1. The zero-order valence-corrected chi connectivity index (χ0v) is 16.0. The molecule has 0 spiro atoms. The Morgan fingerprint density at radius 2 is 1.86 bits per heavy atom. The van der Waals surface area contributed by atoms with Crippen molar-refractivity contribution in [1.82, 2.24) is 4.98 Å². The monoisotopic (exact) mass is 414 g/mol. The molecule has 2 heterocycles. The van der Waals surface area contributed by atoms with Crippen LogP contribution < -0.4 is 11.1 Å². The highest BCUT2D eigenvalue weighted by molar-refractivity contribution is 7.12. The number of rotatable bonds is 6. The molecule has 0 fully saturated rings. The van der Waals surface area contributed by atoms with Crippen LogP contribution in [0.2, 0.25) is 5.02 Å². The number of ketones is 1. The third kappa shape index (κ3) is 4.54. The lowest BCUT2D eigenvalue weighted by Gasteiger charge is -2.06. The van der Waals surface area contributed by atoms with Gasteiger partial charge in [0.05, 0.1) is 9.90 Å². The van der Waals surface area contributed by atoms with E-state index in [4.69, 9.17) is 22.5 Å². The molecule has 28 heavy (non-hydrogen) atoms. The van der Waals surface area contributed by atoms with Crippen molar-refractivity contribution in [2.45, 2.75) is 6.42 Å². The first kappa shape index (κ1) is 19.5. The van der Waals surface area contributed by atoms with Gasteiger partial charge in [-0.15, -0.1) is 11.3 Å². The number of nitrogens with two attached hydrogens (primary N) is 1. The van der Waals surface area contributed by atoms with Crippen LogP contribution >= 0.6 is 22.9 Å². The lowest BCUT2D eigenvalue weighted by Crippen LogP contribution is -2.15.